The highest BCUT2D eigenvalue weighted by atomic mass is 35.5. The van der Waals surface area contributed by atoms with Crippen LogP contribution in [0.1, 0.15) is 47.9 Å². The average Bonchev–Trinajstić information content (AvgIpc) is 3.28. The standard InChI is InChI=1S/C33H33Cl2NO6/c1-22-18-26(34)19-29(35)33(22)42-17-3-2-16-41-27-14-11-23(12-15-27)10-13-24-6-4-8-28-25(7-5-9-30(37)38)20-36(32(24)28)21-31(39)40/h4,6,8,10-15,18-20H,2-3,5,7,9,16-17,21H2,1H3,(H,37,38)(H,39,40)/b13-10+. The zero-order chi connectivity index (χ0) is 30.1. The molecule has 0 aliphatic carbocycles. The molecule has 4 rings (SSSR count). The van der Waals surface area contributed by atoms with Crippen molar-refractivity contribution < 1.29 is 29.3 Å². The van der Waals surface area contributed by atoms with E-state index < -0.39 is 11.9 Å². The molecule has 3 aromatic carbocycles. The molecule has 7 nitrogen and oxygen atoms in total. The number of ether oxygens (including phenoxy) is 2. The molecule has 0 fully saturated rings. The van der Waals surface area contributed by atoms with E-state index in [1.165, 1.54) is 0 Å². The fourth-order valence-corrected chi connectivity index (χ4v) is 5.45. The van der Waals surface area contributed by atoms with Crippen molar-refractivity contribution in [3.05, 3.63) is 93.1 Å². The molecule has 220 valence electrons. The van der Waals surface area contributed by atoms with Crippen molar-refractivity contribution in [3.8, 4) is 11.5 Å². The zero-order valence-corrected chi connectivity index (χ0v) is 24.8. The van der Waals surface area contributed by atoms with Crippen LogP contribution < -0.4 is 9.47 Å². The predicted octanol–water partition coefficient (Wildman–Crippen LogP) is 8.16. The molecule has 4 aromatic rings. The van der Waals surface area contributed by atoms with Crippen molar-refractivity contribution in [2.24, 2.45) is 0 Å². The Morgan fingerprint density at radius 1 is 0.905 bits per heavy atom. The van der Waals surface area contributed by atoms with E-state index in [9.17, 15) is 14.7 Å². The van der Waals surface area contributed by atoms with E-state index >= 15 is 0 Å². The molecule has 1 heterocycles. The summed E-state index contributed by atoms with van der Waals surface area (Å²) in [6.07, 6.45) is 8.52. The lowest BCUT2D eigenvalue weighted by Gasteiger charge is -2.11. The minimum Gasteiger partial charge on any atom is -0.494 e. The molecule has 0 aliphatic rings. The Bertz CT molecular complexity index is 1550. The van der Waals surface area contributed by atoms with E-state index in [2.05, 4.69) is 0 Å². The van der Waals surface area contributed by atoms with Gasteiger partial charge in [0.2, 0.25) is 0 Å². The number of para-hydroxylation sites is 1. The molecule has 0 amide bonds. The maximum absolute atomic E-state index is 11.5. The molecule has 0 radical (unpaired) electrons. The van der Waals surface area contributed by atoms with Crippen molar-refractivity contribution in [1.82, 2.24) is 4.57 Å². The zero-order valence-electron chi connectivity index (χ0n) is 23.3. The Labute approximate surface area is 254 Å². The van der Waals surface area contributed by atoms with Gasteiger partial charge in [-0.05, 0) is 79.1 Å². The molecular weight excluding hydrogens is 577 g/mol. The minimum absolute atomic E-state index is 0.0681. The summed E-state index contributed by atoms with van der Waals surface area (Å²) in [4.78, 5) is 22.5. The second kappa shape index (κ2) is 14.8. The van der Waals surface area contributed by atoms with Gasteiger partial charge in [0, 0.05) is 23.0 Å². The lowest BCUT2D eigenvalue weighted by Crippen LogP contribution is -2.07. The number of fused-ring (bicyclic) bond motifs is 1. The smallest absolute Gasteiger partial charge is 0.323 e. The fourth-order valence-electron chi connectivity index (χ4n) is 4.80. The largest absolute Gasteiger partial charge is 0.494 e. The van der Waals surface area contributed by atoms with Gasteiger partial charge in [-0.1, -0.05) is 65.7 Å². The average molecular weight is 611 g/mol. The van der Waals surface area contributed by atoms with Gasteiger partial charge in [-0.3, -0.25) is 9.59 Å². The third-order valence-electron chi connectivity index (χ3n) is 6.74. The molecule has 0 unspecified atom stereocenters. The number of aliphatic carboxylic acids is 2. The quantitative estimate of drug-likeness (QED) is 0.104. The number of halogens is 2. The van der Waals surface area contributed by atoms with E-state index in [0.29, 0.717) is 41.9 Å². The van der Waals surface area contributed by atoms with Gasteiger partial charge >= 0.3 is 11.9 Å². The first-order chi connectivity index (χ1) is 20.2. The summed E-state index contributed by atoms with van der Waals surface area (Å²) in [5, 5.41) is 20.5. The summed E-state index contributed by atoms with van der Waals surface area (Å²) in [7, 11) is 0. The van der Waals surface area contributed by atoms with Crippen LogP contribution in [0.2, 0.25) is 10.0 Å². The Kier molecular flexibility index (Phi) is 10.9. The van der Waals surface area contributed by atoms with Gasteiger partial charge in [-0.25, -0.2) is 0 Å². The molecule has 0 saturated carbocycles. The van der Waals surface area contributed by atoms with Crippen molar-refractivity contribution in [1.29, 1.82) is 0 Å². The number of rotatable bonds is 15. The summed E-state index contributed by atoms with van der Waals surface area (Å²) < 4.78 is 13.4. The minimum atomic E-state index is -0.938. The topological polar surface area (TPSA) is 98.0 Å². The van der Waals surface area contributed by atoms with Crippen molar-refractivity contribution in [2.45, 2.75) is 45.6 Å². The van der Waals surface area contributed by atoms with Crippen LogP contribution in [0, 0.1) is 6.92 Å². The first-order valence-electron chi connectivity index (χ1n) is 13.7. The SMILES string of the molecule is Cc1cc(Cl)cc(Cl)c1OCCCCOc1ccc(/C=C/c2cccc3c(CCCC(=O)O)cn(CC(=O)O)c23)cc1. The highest BCUT2D eigenvalue weighted by Gasteiger charge is 2.14. The molecule has 42 heavy (non-hydrogen) atoms. The van der Waals surface area contributed by atoms with E-state index in [1.54, 1.807) is 10.6 Å². The summed E-state index contributed by atoms with van der Waals surface area (Å²) in [5.41, 5.74) is 4.52. The van der Waals surface area contributed by atoms with Crippen LogP contribution in [0.4, 0.5) is 0 Å². The molecule has 0 spiro atoms. The van der Waals surface area contributed by atoms with Gasteiger partial charge in [-0.2, -0.15) is 0 Å². The highest BCUT2D eigenvalue weighted by Crippen LogP contribution is 2.32. The lowest BCUT2D eigenvalue weighted by atomic mass is 10.0. The number of unbranched alkanes of at least 4 members (excludes halogenated alkanes) is 1. The third-order valence-corrected chi connectivity index (χ3v) is 7.24. The second-order valence-corrected chi connectivity index (χ2v) is 10.9. The fraction of sp³-hybridized carbons (Fsp3) is 0.273. The molecule has 2 N–H and O–H groups in total. The number of nitrogens with zero attached hydrogens (tertiary/aromatic N) is 1. The van der Waals surface area contributed by atoms with E-state index in [1.807, 2.05) is 73.8 Å². The van der Waals surface area contributed by atoms with E-state index in [4.69, 9.17) is 37.8 Å². The van der Waals surface area contributed by atoms with Gasteiger partial charge in [0.1, 0.15) is 18.0 Å². The number of carboxylic acids is 2. The van der Waals surface area contributed by atoms with Crippen LogP contribution >= 0.6 is 23.2 Å². The summed E-state index contributed by atoms with van der Waals surface area (Å²) >= 11 is 12.2. The van der Waals surface area contributed by atoms with Crippen molar-refractivity contribution >= 4 is 58.2 Å². The first-order valence-corrected chi connectivity index (χ1v) is 14.5. The van der Waals surface area contributed by atoms with Crippen LogP contribution in [0.25, 0.3) is 23.1 Å². The number of aryl methyl sites for hydroxylation is 2. The van der Waals surface area contributed by atoms with Crippen molar-refractivity contribution in [3.63, 3.8) is 0 Å². The molecule has 9 heteroatoms. The Morgan fingerprint density at radius 2 is 1.64 bits per heavy atom. The second-order valence-electron chi connectivity index (χ2n) is 10.0. The molecule has 1 aromatic heterocycles. The van der Waals surface area contributed by atoms with Gasteiger partial charge < -0.3 is 24.3 Å². The number of carboxylic acid groups (broad SMARTS) is 2. The summed E-state index contributed by atoms with van der Waals surface area (Å²) in [6, 6.07) is 17.1. The van der Waals surface area contributed by atoms with Crippen LogP contribution in [0.3, 0.4) is 0 Å². The lowest BCUT2D eigenvalue weighted by molar-refractivity contribution is -0.138. The van der Waals surface area contributed by atoms with Crippen LogP contribution in [-0.4, -0.2) is 39.9 Å². The highest BCUT2D eigenvalue weighted by molar-refractivity contribution is 6.35. The maximum atomic E-state index is 11.5. The van der Waals surface area contributed by atoms with Crippen LogP contribution in [0.5, 0.6) is 11.5 Å². The molecule has 0 aliphatic heterocycles. The van der Waals surface area contributed by atoms with Crippen LogP contribution in [0.15, 0.2) is 60.8 Å². The Morgan fingerprint density at radius 3 is 2.33 bits per heavy atom. The number of carbonyl (C=O) groups is 2. The van der Waals surface area contributed by atoms with E-state index in [-0.39, 0.29) is 13.0 Å². The van der Waals surface area contributed by atoms with Crippen molar-refractivity contribution in [2.75, 3.05) is 13.2 Å². The van der Waals surface area contributed by atoms with Gasteiger partial charge in [0.15, 0.2) is 0 Å². The Hall–Kier alpha value is -3.94. The third kappa shape index (κ3) is 8.54. The van der Waals surface area contributed by atoms with Gasteiger partial charge in [0.05, 0.1) is 23.8 Å². The molecule has 0 atom stereocenters. The summed E-state index contributed by atoms with van der Waals surface area (Å²) in [6.45, 7) is 2.83. The normalized spacial score (nSPS) is 11.3. The number of benzene rings is 3. The monoisotopic (exact) mass is 609 g/mol. The summed E-state index contributed by atoms with van der Waals surface area (Å²) in [5.74, 6) is -0.349. The van der Waals surface area contributed by atoms with Gasteiger partial charge in [-0.15, -0.1) is 0 Å². The Balaban J connectivity index is 1.33. The maximum Gasteiger partial charge on any atom is 0.323 e. The predicted molar refractivity (Wildman–Crippen MR) is 167 cm³/mol. The number of aromatic nitrogens is 1. The molecule has 0 bridgehead atoms. The van der Waals surface area contributed by atoms with Crippen LogP contribution in [-0.2, 0) is 22.6 Å². The molecule has 0 saturated heterocycles. The van der Waals surface area contributed by atoms with Gasteiger partial charge in [0.25, 0.3) is 0 Å². The van der Waals surface area contributed by atoms with E-state index in [0.717, 1.165) is 51.7 Å². The first kappa shape index (κ1) is 31.0. The number of hydrogen-bond donors (Lipinski definition) is 2. The number of hydrogen-bond acceptors (Lipinski definition) is 4. The molecular formula is C33H33Cl2NO6.